The van der Waals surface area contributed by atoms with Crippen LogP contribution in [0, 0.1) is 5.92 Å². The van der Waals surface area contributed by atoms with E-state index in [9.17, 15) is 9.59 Å². The molecule has 0 saturated carbocycles. The van der Waals surface area contributed by atoms with Crippen molar-refractivity contribution < 1.29 is 19.1 Å². The van der Waals surface area contributed by atoms with Crippen LogP contribution in [0.2, 0.25) is 0 Å². The molecule has 26 heavy (non-hydrogen) atoms. The number of anilines is 1. The van der Waals surface area contributed by atoms with E-state index in [0.717, 1.165) is 17.7 Å². The summed E-state index contributed by atoms with van der Waals surface area (Å²) in [5, 5.41) is 0. The largest absolute Gasteiger partial charge is 0.347 e. The number of rotatable bonds is 3. The van der Waals surface area contributed by atoms with Crippen molar-refractivity contribution in [3.63, 3.8) is 0 Å². The lowest BCUT2D eigenvalue weighted by Crippen LogP contribution is -2.49. The quantitative estimate of drug-likeness (QED) is 0.829. The Hall–Kier alpha value is -1.92. The molecule has 1 aromatic rings. The molecular formula is C20H26N2O4. The molecule has 0 aromatic heterocycles. The maximum absolute atomic E-state index is 12.9. The van der Waals surface area contributed by atoms with E-state index >= 15 is 0 Å². The van der Waals surface area contributed by atoms with E-state index in [1.54, 1.807) is 4.90 Å². The number of hydrogen-bond acceptors (Lipinski definition) is 4. The van der Waals surface area contributed by atoms with Gasteiger partial charge in [-0.05, 0) is 18.1 Å². The molecule has 3 aliphatic rings. The molecule has 1 spiro atoms. The number of para-hydroxylation sites is 1. The predicted octanol–water partition coefficient (Wildman–Crippen LogP) is 1.97. The van der Waals surface area contributed by atoms with Crippen LogP contribution in [0.3, 0.4) is 0 Å². The van der Waals surface area contributed by atoms with Gasteiger partial charge in [0.25, 0.3) is 0 Å². The first kappa shape index (κ1) is 17.5. The monoisotopic (exact) mass is 358 g/mol. The first-order valence-electron chi connectivity index (χ1n) is 9.57. The van der Waals surface area contributed by atoms with E-state index in [2.05, 4.69) is 6.92 Å². The van der Waals surface area contributed by atoms with E-state index in [0.29, 0.717) is 52.1 Å². The van der Waals surface area contributed by atoms with Crippen molar-refractivity contribution in [1.29, 1.82) is 0 Å². The molecule has 3 aliphatic heterocycles. The highest BCUT2D eigenvalue weighted by Gasteiger charge is 2.43. The van der Waals surface area contributed by atoms with Gasteiger partial charge >= 0.3 is 0 Å². The van der Waals surface area contributed by atoms with Gasteiger partial charge in [-0.15, -0.1) is 0 Å². The second kappa shape index (κ2) is 7.00. The van der Waals surface area contributed by atoms with E-state index in [-0.39, 0.29) is 17.7 Å². The zero-order valence-electron chi connectivity index (χ0n) is 15.3. The van der Waals surface area contributed by atoms with Gasteiger partial charge in [0.05, 0.1) is 19.1 Å². The minimum absolute atomic E-state index is 0.0418. The van der Waals surface area contributed by atoms with Gasteiger partial charge in [0.15, 0.2) is 5.79 Å². The summed E-state index contributed by atoms with van der Waals surface area (Å²) >= 11 is 0. The Balaban J connectivity index is 1.41. The zero-order chi connectivity index (χ0) is 18.1. The molecule has 1 aromatic carbocycles. The second-order valence-corrected chi connectivity index (χ2v) is 7.32. The van der Waals surface area contributed by atoms with Crippen LogP contribution in [0.25, 0.3) is 0 Å². The van der Waals surface area contributed by atoms with Gasteiger partial charge in [-0.3, -0.25) is 9.59 Å². The Morgan fingerprint density at radius 3 is 2.58 bits per heavy atom. The van der Waals surface area contributed by atoms with Gasteiger partial charge in [0.1, 0.15) is 0 Å². The number of benzene rings is 1. The molecule has 0 N–H and O–H groups in total. The van der Waals surface area contributed by atoms with Crippen molar-refractivity contribution in [3.8, 4) is 0 Å². The minimum Gasteiger partial charge on any atom is -0.347 e. The van der Waals surface area contributed by atoms with Crippen LogP contribution in [-0.2, 0) is 25.5 Å². The third kappa shape index (κ3) is 3.12. The fourth-order valence-electron chi connectivity index (χ4n) is 4.29. The van der Waals surface area contributed by atoms with Crippen LogP contribution < -0.4 is 4.90 Å². The Kier molecular flexibility index (Phi) is 4.71. The summed E-state index contributed by atoms with van der Waals surface area (Å²) in [5.41, 5.74) is 2.09. The lowest BCUT2D eigenvalue weighted by atomic mass is 10.0. The third-order valence-corrected chi connectivity index (χ3v) is 5.79. The van der Waals surface area contributed by atoms with Crippen LogP contribution in [0.5, 0.6) is 0 Å². The summed E-state index contributed by atoms with van der Waals surface area (Å²) in [6.45, 7) is 5.10. The highest BCUT2D eigenvalue weighted by atomic mass is 16.7. The van der Waals surface area contributed by atoms with Gasteiger partial charge in [-0.25, -0.2) is 0 Å². The van der Waals surface area contributed by atoms with E-state index in [1.807, 2.05) is 29.2 Å². The number of piperidine rings is 1. The van der Waals surface area contributed by atoms with Crippen molar-refractivity contribution in [2.45, 2.75) is 38.4 Å². The first-order chi connectivity index (χ1) is 12.6. The second-order valence-electron chi connectivity index (χ2n) is 7.32. The molecule has 2 amide bonds. The van der Waals surface area contributed by atoms with Crippen molar-refractivity contribution >= 4 is 17.5 Å². The Morgan fingerprint density at radius 2 is 1.88 bits per heavy atom. The maximum Gasteiger partial charge on any atom is 0.228 e. The molecule has 3 heterocycles. The summed E-state index contributed by atoms with van der Waals surface area (Å²) in [6.07, 6.45) is 2.59. The van der Waals surface area contributed by atoms with Gasteiger partial charge in [-0.2, -0.15) is 0 Å². The minimum atomic E-state index is -0.478. The number of hydrogen-bond donors (Lipinski definition) is 0. The molecular weight excluding hydrogens is 332 g/mol. The Labute approximate surface area is 154 Å². The number of nitrogens with zero attached hydrogens (tertiary/aromatic N) is 2. The first-order valence-corrected chi connectivity index (χ1v) is 9.57. The highest BCUT2D eigenvalue weighted by molar-refractivity contribution is 6.00. The molecule has 3 fully saturated rings. The molecule has 0 unspecified atom stereocenters. The smallest absolute Gasteiger partial charge is 0.228 e. The molecule has 140 valence electrons. The van der Waals surface area contributed by atoms with E-state index in [1.165, 1.54) is 0 Å². The van der Waals surface area contributed by atoms with Crippen molar-refractivity contribution in [1.82, 2.24) is 4.90 Å². The lowest BCUT2D eigenvalue weighted by molar-refractivity contribution is -0.188. The van der Waals surface area contributed by atoms with Crippen LogP contribution >= 0.6 is 0 Å². The van der Waals surface area contributed by atoms with Crippen molar-refractivity contribution in [2.75, 3.05) is 37.7 Å². The summed E-state index contributed by atoms with van der Waals surface area (Å²) in [5.74, 6) is -0.608. The van der Waals surface area contributed by atoms with Gasteiger partial charge in [0.2, 0.25) is 11.8 Å². The van der Waals surface area contributed by atoms with Crippen LogP contribution in [0.1, 0.15) is 31.7 Å². The van der Waals surface area contributed by atoms with Gasteiger partial charge in [0, 0.05) is 44.6 Å². The van der Waals surface area contributed by atoms with Crippen LogP contribution in [-0.4, -0.2) is 55.3 Å². The molecule has 4 rings (SSSR count). The maximum atomic E-state index is 12.9. The van der Waals surface area contributed by atoms with Gasteiger partial charge in [-0.1, -0.05) is 25.1 Å². The summed E-state index contributed by atoms with van der Waals surface area (Å²) in [6, 6.07) is 7.96. The Morgan fingerprint density at radius 1 is 1.19 bits per heavy atom. The van der Waals surface area contributed by atoms with E-state index < -0.39 is 5.79 Å². The summed E-state index contributed by atoms with van der Waals surface area (Å²) in [7, 11) is 0. The fraction of sp³-hybridized carbons (Fsp3) is 0.600. The standard InChI is InChI=1S/C20H26N2O4/c1-2-15-5-3-4-6-17(15)22-14-16(13-18(22)23)19(24)21-9-7-20(8-10-21)25-11-12-26-20/h3-6,16H,2,7-14H2,1H3/t16-/m0/s1. The number of amides is 2. The van der Waals surface area contributed by atoms with Crippen molar-refractivity contribution in [2.24, 2.45) is 5.92 Å². The molecule has 6 heteroatoms. The van der Waals surface area contributed by atoms with E-state index in [4.69, 9.17) is 9.47 Å². The summed E-state index contributed by atoms with van der Waals surface area (Å²) in [4.78, 5) is 29.2. The molecule has 6 nitrogen and oxygen atoms in total. The number of carbonyl (C=O) groups is 2. The zero-order valence-corrected chi connectivity index (χ0v) is 15.3. The number of aryl methyl sites for hydroxylation is 1. The van der Waals surface area contributed by atoms with Gasteiger partial charge < -0.3 is 19.3 Å². The topological polar surface area (TPSA) is 59.1 Å². The SMILES string of the molecule is CCc1ccccc1N1C[C@@H](C(=O)N2CCC3(CC2)OCCO3)CC1=O. The average Bonchev–Trinajstić information content (AvgIpc) is 3.28. The van der Waals surface area contributed by atoms with Crippen LogP contribution in [0.4, 0.5) is 5.69 Å². The number of ether oxygens (including phenoxy) is 2. The van der Waals surface area contributed by atoms with Crippen LogP contribution in [0.15, 0.2) is 24.3 Å². The molecule has 3 saturated heterocycles. The Bertz CT molecular complexity index is 689. The highest BCUT2D eigenvalue weighted by Crippen LogP contribution is 2.34. The fourth-order valence-corrected chi connectivity index (χ4v) is 4.29. The number of likely N-dealkylation sites (tertiary alicyclic amines) is 1. The third-order valence-electron chi connectivity index (χ3n) is 5.79. The molecule has 0 radical (unpaired) electrons. The normalized spacial score (nSPS) is 25.3. The summed E-state index contributed by atoms with van der Waals surface area (Å²) < 4.78 is 11.5. The number of carbonyl (C=O) groups excluding carboxylic acids is 2. The molecule has 1 atom stereocenters. The predicted molar refractivity (Wildman–Crippen MR) is 96.7 cm³/mol. The molecule has 0 aliphatic carbocycles. The van der Waals surface area contributed by atoms with Crippen molar-refractivity contribution in [3.05, 3.63) is 29.8 Å². The average molecular weight is 358 g/mol. The lowest BCUT2D eigenvalue weighted by Gasteiger charge is -2.38. The molecule has 0 bridgehead atoms.